The maximum Gasteiger partial charge on any atom is 2.00 e. The van der Waals surface area contributed by atoms with Crippen LogP contribution in [0.15, 0.2) is 72.8 Å². The Bertz CT molecular complexity index is 799. The van der Waals surface area contributed by atoms with E-state index in [-0.39, 0.29) is 22.3 Å². The SMILES string of the molecule is NC(=O)c1cc(=C(N)[O-])ccc1=C1C=CC=C1.[Fe+2].c1cc[cH-]c1. The molecule has 0 bridgehead atoms. The van der Waals surface area contributed by atoms with Crippen molar-refractivity contribution in [2.24, 2.45) is 11.5 Å². The summed E-state index contributed by atoms with van der Waals surface area (Å²) in [6, 6.07) is 14.7. The topological polar surface area (TPSA) is 92.2 Å². The standard InChI is InChI=1S/C13H12N2O2.C5H5.Fe/c14-12(16)9-5-6-10(8-3-1-2-4-8)11(7-9)13(15)17;1-2-4-5-3-1;/h1-7,16H,14H2,(H2,15,17);1-5H;/q;-1;+2/p-1. The number of benzene rings is 1. The van der Waals surface area contributed by atoms with Crippen LogP contribution >= 0.6 is 0 Å². The minimum absolute atomic E-state index is 0. The Balaban J connectivity index is 0.000000377. The Hall–Kier alpha value is -2.62. The second-order valence-electron chi connectivity index (χ2n) is 4.62. The molecule has 0 aromatic heterocycles. The molecule has 0 radical (unpaired) electrons. The fourth-order valence-electron chi connectivity index (χ4n) is 2.03. The molecule has 0 fully saturated rings. The van der Waals surface area contributed by atoms with Crippen molar-refractivity contribution in [3.63, 3.8) is 0 Å². The molecule has 1 aliphatic carbocycles. The Morgan fingerprint density at radius 3 is 2.09 bits per heavy atom. The number of hydrogen-bond acceptors (Lipinski definition) is 3. The van der Waals surface area contributed by atoms with Gasteiger partial charge in [0.1, 0.15) is 0 Å². The van der Waals surface area contributed by atoms with Crippen LogP contribution in [-0.4, -0.2) is 5.91 Å². The number of nitrogens with two attached hydrogens (primary N) is 2. The molecule has 118 valence electrons. The van der Waals surface area contributed by atoms with E-state index in [0.29, 0.717) is 10.8 Å². The fourth-order valence-corrected chi connectivity index (χ4v) is 2.03. The normalized spacial score (nSPS) is 13.0. The van der Waals surface area contributed by atoms with Gasteiger partial charge in [0.15, 0.2) is 0 Å². The minimum atomic E-state index is -0.582. The number of amides is 1. The monoisotopic (exact) mass is 348 g/mol. The summed E-state index contributed by atoms with van der Waals surface area (Å²) in [5, 5.41) is 12.0. The van der Waals surface area contributed by atoms with Crippen LogP contribution in [0.1, 0.15) is 10.4 Å². The Morgan fingerprint density at radius 1 is 1.04 bits per heavy atom. The van der Waals surface area contributed by atoms with Gasteiger partial charge in [0, 0.05) is 5.56 Å². The van der Waals surface area contributed by atoms with E-state index in [9.17, 15) is 9.90 Å². The molecule has 5 heteroatoms. The largest absolute Gasteiger partial charge is 2.00 e. The number of allylic oxidation sites excluding steroid dienone is 4. The van der Waals surface area contributed by atoms with Crippen LogP contribution in [0.5, 0.6) is 0 Å². The van der Waals surface area contributed by atoms with Crippen LogP contribution in [0.4, 0.5) is 0 Å². The molecule has 2 aromatic carbocycles. The average molecular weight is 348 g/mol. The molecule has 0 unspecified atom stereocenters. The van der Waals surface area contributed by atoms with E-state index < -0.39 is 11.8 Å². The minimum Gasteiger partial charge on any atom is -0.860 e. The van der Waals surface area contributed by atoms with Crippen molar-refractivity contribution in [3.8, 4) is 0 Å². The molecule has 0 heterocycles. The molecule has 0 aliphatic heterocycles. The van der Waals surface area contributed by atoms with Crippen LogP contribution in [0.2, 0.25) is 0 Å². The van der Waals surface area contributed by atoms with Crippen LogP contribution in [0.3, 0.4) is 0 Å². The Labute approximate surface area is 145 Å². The maximum atomic E-state index is 11.4. The number of primary amides is 1. The number of rotatable bonds is 1. The zero-order valence-corrected chi connectivity index (χ0v) is 13.4. The van der Waals surface area contributed by atoms with E-state index in [0.717, 1.165) is 5.57 Å². The number of hydrogen-bond donors (Lipinski definition) is 2. The molecule has 0 saturated carbocycles. The van der Waals surface area contributed by atoms with Gasteiger partial charge in [0.2, 0.25) is 5.91 Å². The molecule has 4 N–H and O–H groups in total. The molecule has 2 aromatic rings. The van der Waals surface area contributed by atoms with Gasteiger partial charge in [-0.05, 0) is 28.0 Å². The first-order valence-electron chi connectivity index (χ1n) is 6.72. The van der Waals surface area contributed by atoms with Gasteiger partial charge in [-0.25, -0.2) is 12.1 Å². The van der Waals surface area contributed by atoms with E-state index in [1.165, 1.54) is 6.07 Å². The van der Waals surface area contributed by atoms with Crippen LogP contribution in [-0.2, 0) is 17.1 Å². The predicted octanol–water partition coefficient (Wildman–Crippen LogP) is -0.150. The summed E-state index contributed by atoms with van der Waals surface area (Å²) in [4.78, 5) is 11.4. The number of carbonyl (C=O) groups excluding carboxylic acids is 1. The second-order valence-corrected chi connectivity index (χ2v) is 4.62. The quantitative estimate of drug-likeness (QED) is 0.555. The maximum absolute atomic E-state index is 11.4. The van der Waals surface area contributed by atoms with Crippen molar-refractivity contribution in [2.45, 2.75) is 0 Å². The van der Waals surface area contributed by atoms with Gasteiger partial charge in [0.05, 0.1) is 0 Å². The third kappa shape index (κ3) is 4.95. The van der Waals surface area contributed by atoms with Crippen LogP contribution < -0.4 is 27.0 Å². The van der Waals surface area contributed by atoms with Gasteiger partial charge in [-0.15, -0.1) is 0 Å². The third-order valence-corrected chi connectivity index (χ3v) is 3.10. The summed E-state index contributed by atoms with van der Waals surface area (Å²) in [5.41, 5.74) is 11.6. The van der Waals surface area contributed by atoms with Gasteiger partial charge in [-0.3, -0.25) is 4.79 Å². The van der Waals surface area contributed by atoms with Crippen molar-refractivity contribution in [1.29, 1.82) is 0 Å². The predicted molar refractivity (Wildman–Crippen MR) is 85.5 cm³/mol. The summed E-state index contributed by atoms with van der Waals surface area (Å²) in [7, 11) is 0. The van der Waals surface area contributed by atoms with E-state index >= 15 is 0 Å². The summed E-state index contributed by atoms with van der Waals surface area (Å²) < 4.78 is 0. The van der Waals surface area contributed by atoms with Gasteiger partial charge in [-0.2, -0.15) is 18.2 Å². The molecule has 0 spiro atoms. The molecule has 4 nitrogen and oxygen atoms in total. The smallest absolute Gasteiger partial charge is 0.860 e. The second kappa shape index (κ2) is 8.73. The summed E-state index contributed by atoms with van der Waals surface area (Å²) in [6.45, 7) is 0. The molecular formula is C18H16FeN2O2. The molecule has 0 saturated heterocycles. The van der Waals surface area contributed by atoms with E-state index in [1.807, 2.05) is 54.6 Å². The number of carbonyl (C=O) groups is 1. The van der Waals surface area contributed by atoms with Gasteiger partial charge >= 0.3 is 17.1 Å². The molecule has 3 rings (SSSR count). The fraction of sp³-hybridized carbons (Fsp3) is 0. The first-order valence-corrected chi connectivity index (χ1v) is 6.72. The average Bonchev–Trinajstić information content (AvgIpc) is 3.22. The molecule has 0 atom stereocenters. The summed E-state index contributed by atoms with van der Waals surface area (Å²) in [5.74, 6) is -1.16. The Morgan fingerprint density at radius 2 is 1.65 bits per heavy atom. The molecule has 23 heavy (non-hydrogen) atoms. The van der Waals surface area contributed by atoms with Crippen LogP contribution in [0, 0.1) is 0 Å². The first-order chi connectivity index (χ1) is 10.6. The van der Waals surface area contributed by atoms with Crippen molar-refractivity contribution in [1.82, 2.24) is 0 Å². The van der Waals surface area contributed by atoms with Crippen molar-refractivity contribution in [2.75, 3.05) is 0 Å². The van der Waals surface area contributed by atoms with E-state index in [2.05, 4.69) is 0 Å². The first kappa shape index (κ1) is 18.4. The Kier molecular flexibility index (Phi) is 7.00. The van der Waals surface area contributed by atoms with Crippen molar-refractivity contribution in [3.05, 3.63) is 88.8 Å². The molecule has 1 aliphatic rings. The molecule has 1 amide bonds. The van der Waals surface area contributed by atoms with Gasteiger partial charge < -0.3 is 16.6 Å². The zero-order chi connectivity index (χ0) is 15.9. The summed E-state index contributed by atoms with van der Waals surface area (Å²) >= 11 is 0. The van der Waals surface area contributed by atoms with E-state index in [1.54, 1.807) is 12.1 Å². The van der Waals surface area contributed by atoms with Crippen molar-refractivity contribution >= 4 is 17.4 Å². The summed E-state index contributed by atoms with van der Waals surface area (Å²) in [6.07, 6.45) is 7.46. The van der Waals surface area contributed by atoms with E-state index in [4.69, 9.17) is 11.5 Å². The van der Waals surface area contributed by atoms with Crippen LogP contribution in [0.25, 0.3) is 11.5 Å². The van der Waals surface area contributed by atoms with Gasteiger partial charge in [0.25, 0.3) is 0 Å². The van der Waals surface area contributed by atoms with Gasteiger partial charge in [-0.1, -0.05) is 36.4 Å². The third-order valence-electron chi connectivity index (χ3n) is 3.10. The zero-order valence-electron chi connectivity index (χ0n) is 12.3. The molecular weight excluding hydrogens is 332 g/mol. The van der Waals surface area contributed by atoms with Crippen molar-refractivity contribution < 1.29 is 27.0 Å².